The number of ether oxygens (including phenoxy) is 2. The van der Waals surface area contributed by atoms with Crippen molar-refractivity contribution in [3.63, 3.8) is 0 Å². The predicted molar refractivity (Wildman–Crippen MR) is 67.8 cm³/mol. The van der Waals surface area contributed by atoms with Gasteiger partial charge in [0, 0.05) is 6.92 Å². The number of rotatable bonds is 7. The lowest BCUT2D eigenvalue weighted by atomic mass is 10.1. The first kappa shape index (κ1) is 14.7. The smallest absolute Gasteiger partial charge is 0.309 e. The summed E-state index contributed by atoms with van der Waals surface area (Å²) in [5.74, 6) is 0.338. The minimum atomic E-state index is -0.300. The van der Waals surface area contributed by atoms with Crippen LogP contribution < -0.4 is 0 Å². The Morgan fingerprint density at radius 1 is 1.44 bits per heavy atom. The van der Waals surface area contributed by atoms with Crippen molar-refractivity contribution in [2.45, 2.75) is 39.7 Å². The second kappa shape index (κ2) is 6.57. The monoisotopic (exact) mass is 254 g/mol. The standard InChI is InChI=1S/C14H22O4/c1-5-11(18-10(4)15)7-8-12-9(3)13(12)14(16)17-6-2/h5,9,11-13H,1,6-8H2,2-4H3/t9?,11?,12?,13-/m0/s1. The first-order chi connectivity index (χ1) is 8.51. The van der Waals surface area contributed by atoms with Crippen LogP contribution in [0, 0.1) is 17.8 Å². The molecule has 0 spiro atoms. The van der Waals surface area contributed by atoms with E-state index in [2.05, 4.69) is 13.5 Å². The number of hydrogen-bond acceptors (Lipinski definition) is 4. The number of carbonyl (C=O) groups excluding carboxylic acids is 2. The Balaban J connectivity index is 2.34. The van der Waals surface area contributed by atoms with E-state index in [1.807, 2.05) is 6.92 Å². The number of esters is 2. The van der Waals surface area contributed by atoms with Gasteiger partial charge in [-0.15, -0.1) is 0 Å². The summed E-state index contributed by atoms with van der Waals surface area (Å²) < 4.78 is 10.1. The summed E-state index contributed by atoms with van der Waals surface area (Å²) >= 11 is 0. The van der Waals surface area contributed by atoms with Gasteiger partial charge in [0.25, 0.3) is 0 Å². The molecule has 0 saturated heterocycles. The Labute approximate surface area is 108 Å². The van der Waals surface area contributed by atoms with Crippen molar-refractivity contribution in [3.8, 4) is 0 Å². The molecule has 18 heavy (non-hydrogen) atoms. The maximum absolute atomic E-state index is 11.6. The molecule has 0 aliphatic heterocycles. The Morgan fingerprint density at radius 3 is 2.61 bits per heavy atom. The van der Waals surface area contributed by atoms with Crippen molar-refractivity contribution in [1.29, 1.82) is 0 Å². The third-order valence-electron chi connectivity index (χ3n) is 3.49. The van der Waals surface area contributed by atoms with E-state index in [-0.39, 0.29) is 24.0 Å². The van der Waals surface area contributed by atoms with E-state index in [1.165, 1.54) is 6.92 Å². The molecule has 0 aromatic rings. The van der Waals surface area contributed by atoms with Gasteiger partial charge < -0.3 is 9.47 Å². The van der Waals surface area contributed by atoms with E-state index in [9.17, 15) is 9.59 Å². The lowest BCUT2D eigenvalue weighted by Gasteiger charge is -2.12. The Morgan fingerprint density at radius 2 is 2.11 bits per heavy atom. The molecule has 0 aromatic carbocycles. The van der Waals surface area contributed by atoms with Crippen LogP contribution in [0.15, 0.2) is 12.7 Å². The van der Waals surface area contributed by atoms with Crippen molar-refractivity contribution >= 4 is 11.9 Å². The molecule has 0 bridgehead atoms. The van der Waals surface area contributed by atoms with Crippen LogP contribution in [0.2, 0.25) is 0 Å². The first-order valence-electron chi connectivity index (χ1n) is 6.47. The lowest BCUT2D eigenvalue weighted by Crippen LogP contribution is -2.14. The first-order valence-corrected chi connectivity index (χ1v) is 6.47. The zero-order valence-corrected chi connectivity index (χ0v) is 11.3. The van der Waals surface area contributed by atoms with Gasteiger partial charge in [-0.05, 0) is 31.6 Å². The maximum Gasteiger partial charge on any atom is 0.309 e. The van der Waals surface area contributed by atoms with Crippen molar-refractivity contribution < 1.29 is 19.1 Å². The lowest BCUT2D eigenvalue weighted by molar-refractivity contribution is -0.146. The molecule has 4 nitrogen and oxygen atoms in total. The fraction of sp³-hybridized carbons (Fsp3) is 0.714. The summed E-state index contributed by atoms with van der Waals surface area (Å²) in [4.78, 5) is 22.4. The van der Waals surface area contributed by atoms with Crippen molar-refractivity contribution in [1.82, 2.24) is 0 Å². The van der Waals surface area contributed by atoms with E-state index in [1.54, 1.807) is 6.08 Å². The highest BCUT2D eigenvalue weighted by molar-refractivity contribution is 5.76. The molecule has 4 heteroatoms. The molecule has 3 unspecified atom stereocenters. The third kappa shape index (κ3) is 3.86. The fourth-order valence-electron chi connectivity index (χ4n) is 2.41. The van der Waals surface area contributed by atoms with E-state index in [0.717, 1.165) is 6.42 Å². The molecular formula is C14H22O4. The number of hydrogen-bond donors (Lipinski definition) is 0. The van der Waals surface area contributed by atoms with Gasteiger partial charge in [-0.25, -0.2) is 0 Å². The molecule has 0 N–H and O–H groups in total. The average molecular weight is 254 g/mol. The minimum Gasteiger partial charge on any atom is -0.466 e. The van der Waals surface area contributed by atoms with Gasteiger partial charge in [-0.3, -0.25) is 9.59 Å². The molecule has 0 aromatic heterocycles. The summed E-state index contributed by atoms with van der Waals surface area (Å²) in [6.45, 7) is 9.33. The molecule has 1 aliphatic carbocycles. The van der Waals surface area contributed by atoms with E-state index >= 15 is 0 Å². The van der Waals surface area contributed by atoms with Crippen LogP contribution in [0.1, 0.15) is 33.6 Å². The second-order valence-electron chi connectivity index (χ2n) is 4.76. The molecule has 1 fully saturated rings. The van der Waals surface area contributed by atoms with Crippen LogP contribution in [0.4, 0.5) is 0 Å². The van der Waals surface area contributed by atoms with Gasteiger partial charge in [0.15, 0.2) is 0 Å². The van der Waals surface area contributed by atoms with Crippen molar-refractivity contribution in [3.05, 3.63) is 12.7 Å². The zero-order chi connectivity index (χ0) is 13.7. The minimum absolute atomic E-state index is 0.0211. The molecule has 0 heterocycles. The molecule has 1 saturated carbocycles. The van der Waals surface area contributed by atoms with Crippen LogP contribution >= 0.6 is 0 Å². The van der Waals surface area contributed by atoms with Gasteiger partial charge in [0.1, 0.15) is 6.10 Å². The van der Waals surface area contributed by atoms with Crippen LogP contribution in [-0.2, 0) is 19.1 Å². The number of carbonyl (C=O) groups is 2. The molecule has 102 valence electrons. The quantitative estimate of drug-likeness (QED) is 0.517. The van der Waals surface area contributed by atoms with Gasteiger partial charge in [0.2, 0.25) is 0 Å². The van der Waals surface area contributed by atoms with Crippen LogP contribution in [0.25, 0.3) is 0 Å². The molecular weight excluding hydrogens is 232 g/mol. The van der Waals surface area contributed by atoms with Crippen molar-refractivity contribution in [2.24, 2.45) is 17.8 Å². The zero-order valence-electron chi connectivity index (χ0n) is 11.3. The highest BCUT2D eigenvalue weighted by Gasteiger charge is 2.52. The van der Waals surface area contributed by atoms with Gasteiger partial charge in [0.05, 0.1) is 12.5 Å². The summed E-state index contributed by atoms with van der Waals surface area (Å²) in [5, 5.41) is 0. The molecule has 4 atom stereocenters. The Kier molecular flexibility index (Phi) is 5.38. The summed E-state index contributed by atoms with van der Waals surface area (Å²) in [6, 6.07) is 0. The highest BCUT2D eigenvalue weighted by atomic mass is 16.5. The van der Waals surface area contributed by atoms with Crippen LogP contribution in [-0.4, -0.2) is 24.6 Å². The summed E-state index contributed by atoms with van der Waals surface area (Å²) in [7, 11) is 0. The largest absolute Gasteiger partial charge is 0.466 e. The predicted octanol–water partition coefficient (Wildman–Crippen LogP) is 2.33. The maximum atomic E-state index is 11.6. The SMILES string of the molecule is C=CC(CCC1C(C)[C@@H]1C(=O)OCC)OC(C)=O. The van der Waals surface area contributed by atoms with Crippen molar-refractivity contribution in [2.75, 3.05) is 6.61 Å². The normalized spacial score (nSPS) is 27.2. The third-order valence-corrected chi connectivity index (χ3v) is 3.49. The van der Waals surface area contributed by atoms with Crippen LogP contribution in [0.5, 0.6) is 0 Å². The van der Waals surface area contributed by atoms with Gasteiger partial charge in [-0.1, -0.05) is 19.6 Å². The molecule has 0 radical (unpaired) electrons. The molecule has 1 aliphatic rings. The van der Waals surface area contributed by atoms with Crippen LogP contribution in [0.3, 0.4) is 0 Å². The van der Waals surface area contributed by atoms with E-state index in [4.69, 9.17) is 9.47 Å². The summed E-state index contributed by atoms with van der Waals surface area (Å²) in [5.41, 5.74) is 0. The molecule has 0 amide bonds. The second-order valence-corrected chi connectivity index (χ2v) is 4.76. The molecule has 1 rings (SSSR count). The van der Waals surface area contributed by atoms with E-state index < -0.39 is 0 Å². The Bertz CT molecular complexity index is 324. The van der Waals surface area contributed by atoms with E-state index in [0.29, 0.717) is 24.9 Å². The Hall–Kier alpha value is -1.32. The topological polar surface area (TPSA) is 52.6 Å². The fourth-order valence-corrected chi connectivity index (χ4v) is 2.41. The van der Waals surface area contributed by atoms with Gasteiger partial charge in [-0.2, -0.15) is 0 Å². The summed E-state index contributed by atoms with van der Waals surface area (Å²) in [6.07, 6.45) is 2.95. The van der Waals surface area contributed by atoms with Gasteiger partial charge >= 0.3 is 11.9 Å². The highest BCUT2D eigenvalue weighted by Crippen LogP contribution is 2.49. The average Bonchev–Trinajstić information content (AvgIpc) is 2.95.